The van der Waals surface area contributed by atoms with Crippen molar-refractivity contribution in [2.45, 2.75) is 39.4 Å². The summed E-state index contributed by atoms with van der Waals surface area (Å²) < 4.78 is 25.9. The molecule has 0 spiro atoms. The maximum Gasteiger partial charge on any atom is 0.244 e. The van der Waals surface area contributed by atoms with E-state index in [1.54, 1.807) is 6.92 Å². The molecule has 0 bridgehead atoms. The number of amides is 2. The highest BCUT2D eigenvalue weighted by molar-refractivity contribution is 7.92. The Morgan fingerprint density at radius 3 is 2.16 bits per heavy atom. The molecule has 0 aliphatic heterocycles. The van der Waals surface area contributed by atoms with Gasteiger partial charge in [-0.05, 0) is 44.5 Å². The van der Waals surface area contributed by atoms with Crippen molar-refractivity contribution in [1.82, 2.24) is 10.2 Å². The van der Waals surface area contributed by atoms with Crippen LogP contribution in [0.4, 0.5) is 5.69 Å². The molecule has 0 heterocycles. The lowest BCUT2D eigenvalue weighted by atomic mass is 10.1. The van der Waals surface area contributed by atoms with Crippen molar-refractivity contribution in [2.75, 3.05) is 17.1 Å². The molecule has 32 heavy (non-hydrogen) atoms. The third-order valence-corrected chi connectivity index (χ3v) is 6.54. The molecule has 0 radical (unpaired) electrons. The monoisotopic (exact) mass is 499 g/mol. The second-order valence-electron chi connectivity index (χ2n) is 7.71. The Labute approximate surface area is 199 Å². The first-order valence-electron chi connectivity index (χ1n) is 9.96. The van der Waals surface area contributed by atoms with Crippen LogP contribution < -0.4 is 9.62 Å². The number of rotatable bonds is 9. The Balaban J connectivity index is 2.38. The molecule has 2 rings (SSSR count). The zero-order valence-corrected chi connectivity index (χ0v) is 20.7. The molecule has 0 fully saturated rings. The lowest BCUT2D eigenvalue weighted by molar-refractivity contribution is -0.139. The van der Waals surface area contributed by atoms with Crippen LogP contribution in [0, 0.1) is 0 Å². The maximum absolute atomic E-state index is 13.3. The Kier molecular flexibility index (Phi) is 8.95. The molecule has 2 amide bonds. The quantitative estimate of drug-likeness (QED) is 0.569. The van der Waals surface area contributed by atoms with Crippen LogP contribution in [0.15, 0.2) is 48.5 Å². The van der Waals surface area contributed by atoms with Gasteiger partial charge in [-0.3, -0.25) is 13.9 Å². The summed E-state index contributed by atoms with van der Waals surface area (Å²) in [7, 11) is -3.83. The van der Waals surface area contributed by atoms with E-state index in [0.717, 1.165) is 16.1 Å². The molecular weight excluding hydrogens is 473 g/mol. The van der Waals surface area contributed by atoms with Gasteiger partial charge in [-0.1, -0.05) is 53.5 Å². The van der Waals surface area contributed by atoms with Crippen molar-refractivity contribution in [3.05, 3.63) is 64.1 Å². The number of sulfonamides is 1. The van der Waals surface area contributed by atoms with Gasteiger partial charge >= 0.3 is 0 Å². The van der Waals surface area contributed by atoms with Crippen LogP contribution in [-0.4, -0.2) is 50.0 Å². The van der Waals surface area contributed by atoms with Crippen molar-refractivity contribution in [1.29, 1.82) is 0 Å². The first-order valence-corrected chi connectivity index (χ1v) is 12.6. The smallest absolute Gasteiger partial charge is 0.244 e. The van der Waals surface area contributed by atoms with Crippen LogP contribution in [0.1, 0.15) is 26.3 Å². The Morgan fingerprint density at radius 1 is 1.00 bits per heavy atom. The van der Waals surface area contributed by atoms with Crippen LogP contribution in [0.2, 0.25) is 10.0 Å². The highest BCUT2D eigenvalue weighted by Gasteiger charge is 2.30. The second kappa shape index (κ2) is 11.0. The lowest BCUT2D eigenvalue weighted by Crippen LogP contribution is -2.52. The zero-order valence-electron chi connectivity index (χ0n) is 18.4. The first kappa shape index (κ1) is 26.0. The average Bonchev–Trinajstić information content (AvgIpc) is 2.71. The minimum Gasteiger partial charge on any atom is -0.352 e. The van der Waals surface area contributed by atoms with Gasteiger partial charge in [0.15, 0.2) is 0 Å². The molecule has 2 aromatic rings. The molecule has 1 N–H and O–H groups in total. The Bertz CT molecular complexity index is 1060. The molecule has 0 aliphatic carbocycles. The number of nitrogens with zero attached hydrogens (tertiary/aromatic N) is 2. The normalized spacial score (nSPS) is 12.3. The van der Waals surface area contributed by atoms with Crippen LogP contribution >= 0.6 is 23.2 Å². The van der Waals surface area contributed by atoms with E-state index in [2.05, 4.69) is 5.32 Å². The van der Waals surface area contributed by atoms with Crippen LogP contribution in [-0.2, 0) is 26.2 Å². The second-order valence-corrected chi connectivity index (χ2v) is 10.4. The highest BCUT2D eigenvalue weighted by atomic mass is 35.5. The highest BCUT2D eigenvalue weighted by Crippen LogP contribution is 2.28. The molecule has 0 aromatic heterocycles. The number of hydrogen-bond donors (Lipinski definition) is 1. The van der Waals surface area contributed by atoms with Crippen molar-refractivity contribution >= 4 is 50.7 Å². The largest absolute Gasteiger partial charge is 0.352 e. The summed E-state index contributed by atoms with van der Waals surface area (Å²) >= 11 is 12.0. The summed E-state index contributed by atoms with van der Waals surface area (Å²) in [6, 6.07) is 12.6. The van der Waals surface area contributed by atoms with E-state index in [1.165, 1.54) is 23.1 Å². The molecule has 0 saturated carbocycles. The van der Waals surface area contributed by atoms with Gasteiger partial charge in [-0.2, -0.15) is 0 Å². The van der Waals surface area contributed by atoms with Gasteiger partial charge in [0.1, 0.15) is 12.6 Å². The van der Waals surface area contributed by atoms with Crippen LogP contribution in [0.3, 0.4) is 0 Å². The van der Waals surface area contributed by atoms with Gasteiger partial charge < -0.3 is 10.2 Å². The van der Waals surface area contributed by atoms with E-state index in [9.17, 15) is 18.0 Å². The summed E-state index contributed by atoms with van der Waals surface area (Å²) in [6.45, 7) is 4.91. The standard InChI is InChI=1S/C22H27Cl2N3O4S/c1-15(2)25-22(29)16(3)26(13-17-8-6-5-7-9-17)21(28)14-27(32(4,30)31)18-10-11-19(23)20(24)12-18/h5-12,15-16H,13-14H2,1-4H3,(H,25,29)/t16-/m1/s1. The molecule has 0 saturated heterocycles. The average molecular weight is 500 g/mol. The Hall–Kier alpha value is -2.29. The van der Waals surface area contributed by atoms with Crippen LogP contribution in [0.25, 0.3) is 0 Å². The summed E-state index contributed by atoms with van der Waals surface area (Å²) in [6.07, 6.45) is 0.999. The molecule has 10 heteroatoms. The van der Waals surface area contributed by atoms with Gasteiger partial charge in [0.2, 0.25) is 21.8 Å². The first-order chi connectivity index (χ1) is 14.9. The molecule has 2 aromatic carbocycles. The SMILES string of the molecule is CC(C)NC(=O)[C@@H](C)N(Cc1ccccc1)C(=O)CN(c1ccc(Cl)c(Cl)c1)S(C)(=O)=O. The molecule has 7 nitrogen and oxygen atoms in total. The molecule has 0 unspecified atom stereocenters. The van der Waals surface area contributed by atoms with E-state index in [1.807, 2.05) is 44.2 Å². The summed E-state index contributed by atoms with van der Waals surface area (Å²) in [4.78, 5) is 27.4. The van der Waals surface area contributed by atoms with Crippen molar-refractivity contribution in [3.8, 4) is 0 Å². The third-order valence-electron chi connectivity index (χ3n) is 4.66. The minimum absolute atomic E-state index is 0.109. The van der Waals surface area contributed by atoms with Crippen molar-refractivity contribution in [3.63, 3.8) is 0 Å². The predicted molar refractivity (Wildman–Crippen MR) is 128 cm³/mol. The number of nitrogens with one attached hydrogen (secondary N) is 1. The fraction of sp³-hybridized carbons (Fsp3) is 0.364. The van der Waals surface area contributed by atoms with Gasteiger partial charge in [-0.15, -0.1) is 0 Å². The number of anilines is 1. The number of carbonyl (C=O) groups is 2. The van der Waals surface area contributed by atoms with E-state index in [0.29, 0.717) is 0 Å². The van der Waals surface area contributed by atoms with Crippen LogP contribution in [0.5, 0.6) is 0 Å². The van der Waals surface area contributed by atoms with Gasteiger partial charge in [0.25, 0.3) is 0 Å². The van der Waals surface area contributed by atoms with Crippen molar-refractivity contribution in [2.24, 2.45) is 0 Å². The topological polar surface area (TPSA) is 86.8 Å². The molecule has 1 atom stereocenters. The fourth-order valence-electron chi connectivity index (χ4n) is 3.02. The molecule has 0 aliphatic rings. The molecule has 174 valence electrons. The summed E-state index contributed by atoms with van der Waals surface area (Å²) in [5, 5.41) is 3.22. The van der Waals surface area contributed by atoms with E-state index in [-0.39, 0.29) is 34.2 Å². The van der Waals surface area contributed by atoms with Gasteiger partial charge in [0.05, 0.1) is 22.0 Å². The summed E-state index contributed by atoms with van der Waals surface area (Å²) in [5.41, 5.74) is 1.01. The number of carbonyl (C=O) groups excluding carboxylic acids is 2. The Morgan fingerprint density at radius 2 is 1.62 bits per heavy atom. The van der Waals surface area contributed by atoms with E-state index < -0.39 is 28.5 Å². The predicted octanol–water partition coefficient (Wildman–Crippen LogP) is 3.70. The van der Waals surface area contributed by atoms with Gasteiger partial charge in [0, 0.05) is 12.6 Å². The number of halogens is 2. The van der Waals surface area contributed by atoms with E-state index >= 15 is 0 Å². The summed E-state index contributed by atoms with van der Waals surface area (Å²) in [5.74, 6) is -0.860. The number of benzene rings is 2. The van der Waals surface area contributed by atoms with Gasteiger partial charge in [-0.25, -0.2) is 8.42 Å². The minimum atomic E-state index is -3.83. The maximum atomic E-state index is 13.3. The fourth-order valence-corrected chi connectivity index (χ4v) is 4.16. The molecular formula is C22H27Cl2N3O4S. The number of hydrogen-bond acceptors (Lipinski definition) is 4. The van der Waals surface area contributed by atoms with Crippen molar-refractivity contribution < 1.29 is 18.0 Å². The zero-order chi connectivity index (χ0) is 24.1. The third kappa shape index (κ3) is 7.12. The van der Waals surface area contributed by atoms with E-state index in [4.69, 9.17) is 23.2 Å². The lowest BCUT2D eigenvalue weighted by Gasteiger charge is -2.32.